The Labute approximate surface area is 169 Å². The van der Waals surface area contributed by atoms with Gasteiger partial charge in [0, 0.05) is 32.2 Å². The van der Waals surface area contributed by atoms with Crippen LogP contribution in [-0.4, -0.2) is 60.3 Å². The third-order valence-corrected chi connectivity index (χ3v) is 6.03. The van der Waals surface area contributed by atoms with Gasteiger partial charge in [-0.05, 0) is 43.6 Å². The van der Waals surface area contributed by atoms with E-state index in [0.29, 0.717) is 6.04 Å². The Balaban J connectivity index is 1.50. The standard InChI is InChI=1S/C21H35N3O2S/c27-21(22-19-8-4-2-1-3-5-9-19)24(18-20-10-6-15-26-20)12-7-11-23-13-16-25-17-14-23/h6,10,15,19H,1-5,7-9,11-14,16-18H2,(H,22,27). The van der Waals surface area contributed by atoms with Crippen molar-refractivity contribution in [2.24, 2.45) is 0 Å². The van der Waals surface area contributed by atoms with Crippen LogP contribution in [0, 0.1) is 0 Å². The van der Waals surface area contributed by atoms with Crippen molar-refractivity contribution < 1.29 is 9.15 Å². The van der Waals surface area contributed by atoms with Gasteiger partial charge in [0.15, 0.2) is 5.11 Å². The van der Waals surface area contributed by atoms with Gasteiger partial charge in [0.25, 0.3) is 0 Å². The Morgan fingerprint density at radius 1 is 1.15 bits per heavy atom. The molecule has 0 aromatic carbocycles. The minimum Gasteiger partial charge on any atom is -0.467 e. The number of furan rings is 1. The smallest absolute Gasteiger partial charge is 0.169 e. The second-order valence-electron chi connectivity index (χ2n) is 7.80. The van der Waals surface area contributed by atoms with Crippen molar-refractivity contribution in [2.75, 3.05) is 39.4 Å². The van der Waals surface area contributed by atoms with E-state index in [4.69, 9.17) is 21.4 Å². The van der Waals surface area contributed by atoms with Crippen LogP contribution in [0.2, 0.25) is 0 Å². The number of hydrogen-bond acceptors (Lipinski definition) is 4. The monoisotopic (exact) mass is 393 g/mol. The number of nitrogens with zero attached hydrogens (tertiary/aromatic N) is 2. The van der Waals surface area contributed by atoms with Gasteiger partial charge in [0.1, 0.15) is 5.76 Å². The first-order chi connectivity index (χ1) is 13.3. The zero-order chi connectivity index (χ0) is 18.7. The van der Waals surface area contributed by atoms with E-state index in [1.165, 1.54) is 44.9 Å². The Hall–Kier alpha value is -1.11. The molecule has 0 bridgehead atoms. The lowest BCUT2D eigenvalue weighted by molar-refractivity contribution is 0.0367. The van der Waals surface area contributed by atoms with E-state index in [1.807, 2.05) is 12.1 Å². The average molecular weight is 394 g/mol. The molecule has 0 spiro atoms. The summed E-state index contributed by atoms with van der Waals surface area (Å²) in [5, 5.41) is 4.56. The zero-order valence-corrected chi connectivity index (χ0v) is 17.4. The van der Waals surface area contributed by atoms with Crippen LogP contribution in [0.5, 0.6) is 0 Å². The lowest BCUT2D eigenvalue weighted by atomic mass is 9.97. The van der Waals surface area contributed by atoms with Gasteiger partial charge in [-0.2, -0.15) is 0 Å². The number of hydrogen-bond donors (Lipinski definition) is 1. The summed E-state index contributed by atoms with van der Waals surface area (Å²) in [6, 6.07) is 4.51. The normalized spacial score (nSPS) is 20.0. The molecule has 27 heavy (non-hydrogen) atoms. The maximum Gasteiger partial charge on any atom is 0.169 e. The molecule has 1 aromatic rings. The molecule has 0 radical (unpaired) electrons. The fourth-order valence-corrected chi connectivity index (χ4v) is 4.34. The molecule has 152 valence electrons. The predicted octanol–water partition coefficient (Wildman–Crippen LogP) is 3.79. The Bertz CT molecular complexity index is 524. The molecule has 6 heteroatoms. The highest BCUT2D eigenvalue weighted by Crippen LogP contribution is 2.18. The lowest BCUT2D eigenvalue weighted by Gasteiger charge is -2.31. The van der Waals surface area contributed by atoms with Crippen molar-refractivity contribution in [1.29, 1.82) is 0 Å². The van der Waals surface area contributed by atoms with Gasteiger partial charge in [-0.15, -0.1) is 0 Å². The van der Waals surface area contributed by atoms with Crippen LogP contribution < -0.4 is 5.32 Å². The molecule has 1 aliphatic carbocycles. The average Bonchev–Trinajstić information content (AvgIpc) is 3.17. The maximum absolute atomic E-state index is 5.82. The first-order valence-corrected chi connectivity index (χ1v) is 11.1. The van der Waals surface area contributed by atoms with Crippen LogP contribution in [0.3, 0.4) is 0 Å². The summed E-state index contributed by atoms with van der Waals surface area (Å²) in [4.78, 5) is 4.77. The summed E-state index contributed by atoms with van der Waals surface area (Å²) < 4.78 is 11.0. The molecule has 1 aromatic heterocycles. The molecule has 1 saturated heterocycles. The van der Waals surface area contributed by atoms with Crippen LogP contribution in [-0.2, 0) is 11.3 Å². The highest BCUT2D eigenvalue weighted by molar-refractivity contribution is 7.80. The van der Waals surface area contributed by atoms with E-state index in [2.05, 4.69) is 15.1 Å². The zero-order valence-electron chi connectivity index (χ0n) is 16.5. The minimum atomic E-state index is 0.524. The summed E-state index contributed by atoms with van der Waals surface area (Å²) in [6.07, 6.45) is 12.1. The number of thiocarbonyl (C=S) groups is 1. The quantitative estimate of drug-likeness (QED) is 0.711. The Kier molecular flexibility index (Phi) is 8.91. The summed E-state index contributed by atoms with van der Waals surface area (Å²) in [5.74, 6) is 0.975. The molecule has 0 amide bonds. The predicted molar refractivity (Wildman–Crippen MR) is 113 cm³/mol. The second-order valence-corrected chi connectivity index (χ2v) is 8.19. The molecule has 2 aliphatic rings. The van der Waals surface area contributed by atoms with E-state index in [-0.39, 0.29) is 0 Å². The Morgan fingerprint density at radius 2 is 1.89 bits per heavy atom. The van der Waals surface area contributed by atoms with E-state index >= 15 is 0 Å². The van der Waals surface area contributed by atoms with Crippen LogP contribution in [0.4, 0.5) is 0 Å². The fourth-order valence-electron chi connectivity index (χ4n) is 4.02. The van der Waals surface area contributed by atoms with Crippen molar-refractivity contribution in [3.05, 3.63) is 24.2 Å². The Morgan fingerprint density at radius 3 is 2.59 bits per heavy atom. The molecular weight excluding hydrogens is 358 g/mol. The summed E-state index contributed by atoms with van der Waals surface area (Å²) in [6.45, 7) is 6.61. The van der Waals surface area contributed by atoms with E-state index in [1.54, 1.807) is 6.26 Å². The van der Waals surface area contributed by atoms with E-state index in [9.17, 15) is 0 Å². The molecule has 5 nitrogen and oxygen atoms in total. The van der Waals surface area contributed by atoms with Crippen LogP contribution in [0.1, 0.15) is 57.1 Å². The van der Waals surface area contributed by atoms with Gasteiger partial charge in [0.05, 0.1) is 26.0 Å². The van der Waals surface area contributed by atoms with Crippen molar-refractivity contribution in [2.45, 2.75) is 64.0 Å². The number of rotatable bonds is 7. The van der Waals surface area contributed by atoms with Crippen molar-refractivity contribution >= 4 is 17.3 Å². The van der Waals surface area contributed by atoms with Crippen LogP contribution in [0.25, 0.3) is 0 Å². The van der Waals surface area contributed by atoms with Crippen molar-refractivity contribution in [3.8, 4) is 0 Å². The third-order valence-electron chi connectivity index (χ3n) is 5.65. The molecule has 3 rings (SSSR count). The third kappa shape index (κ3) is 7.43. The van der Waals surface area contributed by atoms with Gasteiger partial charge in [0.2, 0.25) is 0 Å². The molecule has 2 fully saturated rings. The first kappa shape index (κ1) is 20.6. The topological polar surface area (TPSA) is 40.9 Å². The van der Waals surface area contributed by atoms with Crippen LogP contribution >= 0.6 is 12.2 Å². The summed E-state index contributed by atoms with van der Waals surface area (Å²) in [7, 11) is 0. The SMILES string of the molecule is S=C(NC1CCCCCCC1)N(CCCN1CCOCC1)Cc1ccco1. The highest BCUT2D eigenvalue weighted by atomic mass is 32.1. The largest absolute Gasteiger partial charge is 0.467 e. The van der Waals surface area contributed by atoms with E-state index < -0.39 is 0 Å². The number of nitrogens with one attached hydrogen (secondary N) is 1. The summed E-state index contributed by atoms with van der Waals surface area (Å²) in [5.41, 5.74) is 0. The molecule has 1 aliphatic heterocycles. The second kappa shape index (κ2) is 11.7. The van der Waals surface area contributed by atoms with Gasteiger partial charge in [-0.3, -0.25) is 4.90 Å². The number of morpholine rings is 1. The molecule has 1 saturated carbocycles. The molecule has 2 heterocycles. The van der Waals surface area contributed by atoms with Gasteiger partial charge in [-0.25, -0.2) is 0 Å². The maximum atomic E-state index is 5.82. The summed E-state index contributed by atoms with van der Waals surface area (Å²) >= 11 is 5.82. The highest BCUT2D eigenvalue weighted by Gasteiger charge is 2.18. The van der Waals surface area contributed by atoms with Gasteiger partial charge >= 0.3 is 0 Å². The van der Waals surface area contributed by atoms with Crippen LogP contribution in [0.15, 0.2) is 22.8 Å². The van der Waals surface area contributed by atoms with Gasteiger partial charge in [-0.1, -0.05) is 32.1 Å². The van der Waals surface area contributed by atoms with Gasteiger partial charge < -0.3 is 19.4 Å². The molecule has 0 unspecified atom stereocenters. The van der Waals surface area contributed by atoms with E-state index in [0.717, 1.165) is 63.2 Å². The molecule has 1 N–H and O–H groups in total. The minimum absolute atomic E-state index is 0.524. The number of ether oxygens (including phenoxy) is 1. The van der Waals surface area contributed by atoms with Crippen molar-refractivity contribution in [1.82, 2.24) is 15.1 Å². The first-order valence-electron chi connectivity index (χ1n) is 10.7. The molecular formula is C21H35N3O2S. The van der Waals surface area contributed by atoms with Crippen molar-refractivity contribution in [3.63, 3.8) is 0 Å². The lowest BCUT2D eigenvalue weighted by Crippen LogP contribution is -2.45. The molecule has 0 atom stereocenters. The fraction of sp³-hybridized carbons (Fsp3) is 0.762.